The number of carbonyl (C=O) groups is 1. The zero-order valence-corrected chi connectivity index (χ0v) is 12.4. The Morgan fingerprint density at radius 2 is 2.05 bits per heavy atom. The summed E-state index contributed by atoms with van der Waals surface area (Å²) in [4.78, 5) is 14.8. The van der Waals surface area contributed by atoms with E-state index in [4.69, 9.17) is 16.7 Å². The molecule has 2 aromatic rings. The van der Waals surface area contributed by atoms with Crippen LogP contribution in [0.4, 0.5) is 5.69 Å². The van der Waals surface area contributed by atoms with Crippen LogP contribution in [0.15, 0.2) is 41.4 Å². The lowest BCUT2D eigenvalue weighted by molar-refractivity contribution is 0.0697. The summed E-state index contributed by atoms with van der Waals surface area (Å²) < 4.78 is 26.9. The molecule has 1 heterocycles. The quantitative estimate of drug-likeness (QED) is 0.900. The lowest BCUT2D eigenvalue weighted by Crippen LogP contribution is -2.15. The smallest absolute Gasteiger partial charge is 0.337 e. The lowest BCUT2D eigenvalue weighted by Gasteiger charge is -2.10. The van der Waals surface area contributed by atoms with Gasteiger partial charge in [-0.25, -0.2) is 13.2 Å². The highest BCUT2D eigenvalue weighted by Gasteiger charge is 2.19. The molecule has 0 unspecified atom stereocenters. The van der Waals surface area contributed by atoms with Gasteiger partial charge in [0.2, 0.25) is 0 Å². The average Bonchev–Trinajstić information content (AvgIpc) is 2.41. The molecule has 0 radical (unpaired) electrons. The predicted molar refractivity (Wildman–Crippen MR) is 78.2 cm³/mol. The molecule has 1 aromatic carbocycles. The summed E-state index contributed by atoms with van der Waals surface area (Å²) >= 11 is 5.72. The maximum Gasteiger partial charge on any atom is 0.337 e. The van der Waals surface area contributed by atoms with Gasteiger partial charge < -0.3 is 5.11 Å². The first-order valence-electron chi connectivity index (χ1n) is 5.78. The maximum atomic E-state index is 12.3. The van der Waals surface area contributed by atoms with E-state index in [-0.39, 0.29) is 15.5 Å². The molecule has 0 aliphatic heterocycles. The normalized spacial score (nSPS) is 11.1. The number of nitrogens with zero attached hydrogens (tertiary/aromatic N) is 1. The van der Waals surface area contributed by atoms with Crippen LogP contribution in [0, 0.1) is 6.92 Å². The van der Waals surface area contributed by atoms with Gasteiger partial charge >= 0.3 is 5.97 Å². The molecule has 8 heteroatoms. The summed E-state index contributed by atoms with van der Waals surface area (Å²) in [5, 5.41) is 8.95. The highest BCUT2D eigenvalue weighted by atomic mass is 35.5. The second-order valence-corrected chi connectivity index (χ2v) is 6.28. The molecule has 21 heavy (non-hydrogen) atoms. The number of aromatic carboxylic acids is 1. The number of aryl methyl sites for hydroxylation is 1. The SMILES string of the molecule is Cc1ncccc1NS(=O)(=O)c1ccc(Cl)c(C(=O)O)c1. The number of aromatic nitrogens is 1. The van der Waals surface area contributed by atoms with Crippen molar-refractivity contribution >= 4 is 33.3 Å². The molecule has 0 spiro atoms. The van der Waals surface area contributed by atoms with E-state index in [0.717, 1.165) is 6.07 Å². The molecule has 0 fully saturated rings. The number of hydrogen-bond donors (Lipinski definition) is 2. The summed E-state index contributed by atoms with van der Waals surface area (Å²) in [6.07, 6.45) is 1.54. The van der Waals surface area contributed by atoms with Crippen molar-refractivity contribution in [2.24, 2.45) is 0 Å². The van der Waals surface area contributed by atoms with Gasteiger partial charge in [-0.05, 0) is 37.3 Å². The summed E-state index contributed by atoms with van der Waals surface area (Å²) in [6.45, 7) is 1.66. The maximum absolute atomic E-state index is 12.3. The second kappa shape index (κ2) is 5.71. The number of hydrogen-bond acceptors (Lipinski definition) is 4. The third-order valence-corrected chi connectivity index (χ3v) is 4.42. The van der Waals surface area contributed by atoms with Crippen LogP contribution in [-0.2, 0) is 10.0 Å². The molecule has 0 bridgehead atoms. The molecule has 6 nitrogen and oxygen atoms in total. The Morgan fingerprint density at radius 1 is 1.33 bits per heavy atom. The van der Waals surface area contributed by atoms with E-state index in [0.29, 0.717) is 11.4 Å². The minimum absolute atomic E-state index is 0.0287. The van der Waals surface area contributed by atoms with E-state index in [1.165, 1.54) is 18.3 Å². The minimum atomic E-state index is -3.92. The van der Waals surface area contributed by atoms with Gasteiger partial charge in [0.25, 0.3) is 10.0 Å². The minimum Gasteiger partial charge on any atom is -0.478 e. The first kappa shape index (κ1) is 15.3. The van der Waals surface area contributed by atoms with E-state index < -0.39 is 16.0 Å². The fourth-order valence-electron chi connectivity index (χ4n) is 1.63. The van der Waals surface area contributed by atoms with Crippen LogP contribution < -0.4 is 4.72 Å². The van der Waals surface area contributed by atoms with Crippen LogP contribution in [0.3, 0.4) is 0 Å². The zero-order valence-electron chi connectivity index (χ0n) is 10.9. The number of benzene rings is 1. The largest absolute Gasteiger partial charge is 0.478 e. The highest BCUT2D eigenvalue weighted by molar-refractivity contribution is 7.92. The number of anilines is 1. The molecule has 0 atom stereocenters. The summed E-state index contributed by atoms with van der Waals surface area (Å²) in [7, 11) is -3.92. The van der Waals surface area contributed by atoms with Crippen molar-refractivity contribution in [3.8, 4) is 0 Å². The van der Waals surface area contributed by atoms with E-state index in [1.54, 1.807) is 19.1 Å². The van der Waals surface area contributed by atoms with Crippen molar-refractivity contribution in [1.29, 1.82) is 0 Å². The van der Waals surface area contributed by atoms with E-state index >= 15 is 0 Å². The van der Waals surface area contributed by atoms with Gasteiger partial charge in [-0.1, -0.05) is 11.6 Å². The molecular weight excluding hydrogens is 316 g/mol. The Labute approximate surface area is 126 Å². The van der Waals surface area contributed by atoms with Gasteiger partial charge in [-0.3, -0.25) is 9.71 Å². The second-order valence-electron chi connectivity index (χ2n) is 4.19. The monoisotopic (exact) mass is 326 g/mol. The third kappa shape index (κ3) is 3.32. The number of sulfonamides is 1. The molecule has 110 valence electrons. The third-order valence-electron chi connectivity index (χ3n) is 2.73. The van der Waals surface area contributed by atoms with E-state index in [1.807, 2.05) is 0 Å². The van der Waals surface area contributed by atoms with Crippen molar-refractivity contribution < 1.29 is 18.3 Å². The standard InChI is InChI=1S/C13H11ClN2O4S/c1-8-12(3-2-6-15-8)16-21(19,20)9-4-5-11(14)10(7-9)13(17)18/h2-7,16H,1H3,(H,17,18). The first-order chi connectivity index (χ1) is 9.81. The van der Waals surface area contributed by atoms with Gasteiger partial charge in [0.1, 0.15) is 0 Å². The molecule has 0 amide bonds. The molecule has 0 saturated carbocycles. The number of halogens is 1. The molecule has 1 aromatic heterocycles. The summed E-state index contributed by atoms with van der Waals surface area (Å²) in [5.41, 5.74) is 0.556. The van der Waals surface area contributed by atoms with Crippen LogP contribution in [0.25, 0.3) is 0 Å². The van der Waals surface area contributed by atoms with Gasteiger partial charge in [-0.15, -0.1) is 0 Å². The Bertz CT molecular complexity index is 806. The predicted octanol–water partition coefficient (Wildman–Crippen LogP) is 2.54. The first-order valence-corrected chi connectivity index (χ1v) is 7.64. The number of nitrogens with one attached hydrogen (secondary N) is 1. The molecule has 0 saturated heterocycles. The average molecular weight is 327 g/mol. The van der Waals surface area contributed by atoms with Gasteiger partial charge in [-0.2, -0.15) is 0 Å². The van der Waals surface area contributed by atoms with Gasteiger partial charge in [0, 0.05) is 6.20 Å². The van der Waals surface area contributed by atoms with Crippen LogP contribution in [0.5, 0.6) is 0 Å². The van der Waals surface area contributed by atoms with Gasteiger partial charge in [0.15, 0.2) is 0 Å². The Hall–Kier alpha value is -2.12. The van der Waals surface area contributed by atoms with Gasteiger partial charge in [0.05, 0.1) is 26.9 Å². The number of rotatable bonds is 4. The van der Waals surface area contributed by atoms with Crippen molar-refractivity contribution in [3.63, 3.8) is 0 Å². The van der Waals surface area contributed by atoms with Crippen molar-refractivity contribution in [2.45, 2.75) is 11.8 Å². The van der Waals surface area contributed by atoms with Crippen LogP contribution in [0.1, 0.15) is 16.1 Å². The molecular formula is C13H11ClN2O4S. The Balaban J connectivity index is 2.43. The van der Waals surface area contributed by atoms with Crippen LogP contribution in [0.2, 0.25) is 5.02 Å². The number of carboxylic acid groups (broad SMARTS) is 1. The van der Waals surface area contributed by atoms with Crippen molar-refractivity contribution in [2.75, 3.05) is 4.72 Å². The molecule has 0 aliphatic rings. The number of pyridine rings is 1. The Morgan fingerprint density at radius 3 is 2.67 bits per heavy atom. The Kier molecular flexibility index (Phi) is 4.15. The topological polar surface area (TPSA) is 96.4 Å². The summed E-state index contributed by atoms with van der Waals surface area (Å²) in [6, 6.07) is 6.64. The van der Waals surface area contributed by atoms with E-state index in [9.17, 15) is 13.2 Å². The zero-order chi connectivity index (χ0) is 15.6. The highest BCUT2D eigenvalue weighted by Crippen LogP contribution is 2.23. The summed E-state index contributed by atoms with van der Waals surface area (Å²) in [5.74, 6) is -1.30. The lowest BCUT2D eigenvalue weighted by atomic mass is 10.2. The van der Waals surface area contributed by atoms with Crippen LogP contribution in [-0.4, -0.2) is 24.5 Å². The van der Waals surface area contributed by atoms with Crippen molar-refractivity contribution in [1.82, 2.24) is 4.98 Å². The fourth-order valence-corrected chi connectivity index (χ4v) is 2.97. The fraction of sp³-hybridized carbons (Fsp3) is 0.0769. The number of carboxylic acids is 1. The van der Waals surface area contributed by atoms with E-state index in [2.05, 4.69) is 9.71 Å². The molecule has 2 N–H and O–H groups in total. The molecule has 2 rings (SSSR count). The van der Waals surface area contributed by atoms with Crippen molar-refractivity contribution in [3.05, 3.63) is 52.8 Å². The van der Waals surface area contributed by atoms with Crippen LogP contribution >= 0.6 is 11.6 Å². The molecule has 0 aliphatic carbocycles.